The number of nitrogens with one attached hydrogen (secondary N) is 2. The monoisotopic (exact) mass is 246 g/mol. The third-order valence-corrected chi connectivity index (χ3v) is 3.42. The van der Waals surface area contributed by atoms with E-state index in [9.17, 15) is 0 Å². The minimum Gasteiger partial charge on any atom is -0.338 e. The number of aromatic nitrogens is 5. The molecule has 1 aliphatic heterocycles. The van der Waals surface area contributed by atoms with Crippen LogP contribution in [0.4, 0.5) is 0 Å². The summed E-state index contributed by atoms with van der Waals surface area (Å²) in [5.74, 6) is 2.76. The molecule has 2 aromatic heterocycles. The van der Waals surface area contributed by atoms with Crippen LogP contribution >= 0.6 is 0 Å². The van der Waals surface area contributed by atoms with E-state index in [1.807, 2.05) is 17.8 Å². The first-order chi connectivity index (χ1) is 8.83. The van der Waals surface area contributed by atoms with Crippen molar-refractivity contribution >= 4 is 0 Å². The predicted molar refractivity (Wildman–Crippen MR) is 67.0 cm³/mol. The third kappa shape index (κ3) is 2.28. The summed E-state index contributed by atoms with van der Waals surface area (Å²) in [4.78, 5) is 8.86. The maximum atomic E-state index is 4.57. The summed E-state index contributed by atoms with van der Waals surface area (Å²) in [6, 6.07) is 0.310. The second-order valence-electron chi connectivity index (χ2n) is 4.77. The van der Waals surface area contributed by atoms with E-state index in [1.165, 1.54) is 12.8 Å². The molecule has 0 amide bonds. The van der Waals surface area contributed by atoms with Crippen molar-refractivity contribution in [1.29, 1.82) is 0 Å². The van der Waals surface area contributed by atoms with Crippen molar-refractivity contribution in [2.24, 2.45) is 7.05 Å². The molecule has 0 bridgehead atoms. The molecule has 1 aliphatic rings. The summed E-state index contributed by atoms with van der Waals surface area (Å²) in [6.45, 7) is 1.06. The van der Waals surface area contributed by atoms with Gasteiger partial charge in [-0.05, 0) is 19.4 Å². The minimum absolute atomic E-state index is 0.310. The van der Waals surface area contributed by atoms with Crippen molar-refractivity contribution < 1.29 is 0 Å². The van der Waals surface area contributed by atoms with Crippen LogP contribution in [0.2, 0.25) is 0 Å². The number of nitrogens with zero attached hydrogens (tertiary/aromatic N) is 4. The fourth-order valence-electron chi connectivity index (χ4n) is 2.33. The zero-order valence-electron chi connectivity index (χ0n) is 10.6. The summed E-state index contributed by atoms with van der Waals surface area (Å²) in [6.07, 6.45) is 8.06. The third-order valence-electron chi connectivity index (χ3n) is 3.42. The molecule has 1 fully saturated rings. The molecule has 3 heterocycles. The number of imidazole rings is 1. The fourth-order valence-corrected chi connectivity index (χ4v) is 2.33. The topological polar surface area (TPSA) is 71.4 Å². The molecule has 1 unspecified atom stereocenters. The Morgan fingerprint density at radius 2 is 2.39 bits per heavy atom. The van der Waals surface area contributed by atoms with E-state index in [1.54, 1.807) is 6.20 Å². The SMILES string of the molecule is Cn1ccnc1Cc1nc(C2CCCCN2)n[nH]1. The first kappa shape index (κ1) is 11.4. The van der Waals surface area contributed by atoms with Gasteiger partial charge in [0.2, 0.25) is 0 Å². The standard InChI is InChI=1S/C12H18N6/c1-18-7-6-14-11(18)8-10-15-12(17-16-10)9-4-2-3-5-13-9/h6-7,9,13H,2-5,8H2,1H3,(H,15,16,17). The van der Waals surface area contributed by atoms with Crippen molar-refractivity contribution in [3.63, 3.8) is 0 Å². The van der Waals surface area contributed by atoms with Gasteiger partial charge in [0.15, 0.2) is 5.82 Å². The molecule has 3 rings (SSSR count). The lowest BCUT2D eigenvalue weighted by atomic mass is 10.0. The van der Waals surface area contributed by atoms with Crippen LogP contribution in [-0.2, 0) is 13.5 Å². The lowest BCUT2D eigenvalue weighted by Gasteiger charge is -2.20. The van der Waals surface area contributed by atoms with Gasteiger partial charge >= 0.3 is 0 Å². The summed E-state index contributed by atoms with van der Waals surface area (Å²) in [5, 5.41) is 10.8. The van der Waals surface area contributed by atoms with Crippen LogP contribution in [0.25, 0.3) is 0 Å². The maximum absolute atomic E-state index is 4.57. The number of hydrogen-bond donors (Lipinski definition) is 2. The summed E-state index contributed by atoms with van der Waals surface area (Å²) in [5.41, 5.74) is 0. The van der Waals surface area contributed by atoms with Crippen molar-refractivity contribution in [2.45, 2.75) is 31.7 Å². The highest BCUT2D eigenvalue weighted by molar-refractivity contribution is 5.04. The number of piperidine rings is 1. The van der Waals surface area contributed by atoms with Crippen LogP contribution in [0, 0.1) is 0 Å². The van der Waals surface area contributed by atoms with E-state index < -0.39 is 0 Å². The molecule has 0 aliphatic carbocycles. The highest BCUT2D eigenvalue weighted by Gasteiger charge is 2.19. The normalized spacial score (nSPS) is 20.2. The number of aryl methyl sites for hydroxylation is 1. The van der Waals surface area contributed by atoms with Crippen LogP contribution in [0.1, 0.15) is 42.8 Å². The number of hydrogen-bond acceptors (Lipinski definition) is 4. The van der Waals surface area contributed by atoms with Gasteiger partial charge in [-0.2, -0.15) is 5.10 Å². The van der Waals surface area contributed by atoms with Crippen LogP contribution in [0.5, 0.6) is 0 Å². The van der Waals surface area contributed by atoms with E-state index >= 15 is 0 Å². The minimum atomic E-state index is 0.310. The van der Waals surface area contributed by atoms with E-state index in [-0.39, 0.29) is 0 Å². The second-order valence-corrected chi connectivity index (χ2v) is 4.77. The van der Waals surface area contributed by atoms with Gasteiger partial charge in [0.05, 0.1) is 12.5 Å². The van der Waals surface area contributed by atoms with Gasteiger partial charge < -0.3 is 9.88 Å². The van der Waals surface area contributed by atoms with Crippen molar-refractivity contribution in [3.05, 3.63) is 29.9 Å². The Kier molecular flexibility index (Phi) is 3.10. The second kappa shape index (κ2) is 4.89. The Balaban J connectivity index is 1.71. The largest absolute Gasteiger partial charge is 0.338 e. The summed E-state index contributed by atoms with van der Waals surface area (Å²) < 4.78 is 2.00. The molecule has 18 heavy (non-hydrogen) atoms. The van der Waals surface area contributed by atoms with Crippen molar-refractivity contribution in [2.75, 3.05) is 6.54 Å². The molecule has 6 nitrogen and oxygen atoms in total. The molecule has 2 aromatic rings. The zero-order chi connectivity index (χ0) is 12.4. The highest BCUT2D eigenvalue weighted by Crippen LogP contribution is 2.19. The van der Waals surface area contributed by atoms with Gasteiger partial charge in [-0.15, -0.1) is 0 Å². The van der Waals surface area contributed by atoms with E-state index in [4.69, 9.17) is 0 Å². The Morgan fingerprint density at radius 1 is 1.44 bits per heavy atom. The average Bonchev–Trinajstić information content (AvgIpc) is 3.02. The van der Waals surface area contributed by atoms with Crippen molar-refractivity contribution in [3.8, 4) is 0 Å². The van der Waals surface area contributed by atoms with Gasteiger partial charge in [0, 0.05) is 19.4 Å². The van der Waals surface area contributed by atoms with Crippen LogP contribution in [-0.4, -0.2) is 31.3 Å². The number of H-pyrrole nitrogens is 1. The maximum Gasteiger partial charge on any atom is 0.167 e. The molecule has 0 aromatic carbocycles. The van der Waals surface area contributed by atoms with Crippen molar-refractivity contribution in [1.82, 2.24) is 30.0 Å². The molecule has 6 heteroatoms. The predicted octanol–water partition coefficient (Wildman–Crippen LogP) is 0.944. The molecule has 0 saturated carbocycles. The molecular weight excluding hydrogens is 228 g/mol. The average molecular weight is 246 g/mol. The first-order valence-electron chi connectivity index (χ1n) is 6.43. The number of rotatable bonds is 3. The molecule has 0 radical (unpaired) electrons. The lowest BCUT2D eigenvalue weighted by molar-refractivity contribution is 0.398. The highest BCUT2D eigenvalue weighted by atomic mass is 15.2. The Labute approximate surface area is 106 Å². The van der Waals surface area contributed by atoms with Crippen LogP contribution in [0.3, 0.4) is 0 Å². The lowest BCUT2D eigenvalue weighted by Crippen LogP contribution is -2.27. The van der Waals surface area contributed by atoms with Gasteiger partial charge in [-0.25, -0.2) is 9.97 Å². The van der Waals surface area contributed by atoms with Gasteiger partial charge in [-0.3, -0.25) is 5.10 Å². The van der Waals surface area contributed by atoms with Crippen LogP contribution < -0.4 is 5.32 Å². The molecule has 96 valence electrons. The first-order valence-corrected chi connectivity index (χ1v) is 6.43. The van der Waals surface area contributed by atoms with Gasteiger partial charge in [-0.1, -0.05) is 6.42 Å². The molecule has 0 spiro atoms. The Bertz CT molecular complexity index is 508. The molecule has 2 N–H and O–H groups in total. The Morgan fingerprint density at radius 3 is 3.11 bits per heavy atom. The smallest absolute Gasteiger partial charge is 0.167 e. The molecule has 1 saturated heterocycles. The molecule has 1 atom stereocenters. The molecular formula is C12H18N6. The summed E-state index contributed by atoms with van der Waals surface area (Å²) in [7, 11) is 1.99. The summed E-state index contributed by atoms with van der Waals surface area (Å²) >= 11 is 0. The van der Waals surface area contributed by atoms with Gasteiger partial charge in [0.1, 0.15) is 11.6 Å². The quantitative estimate of drug-likeness (QED) is 0.845. The zero-order valence-corrected chi connectivity index (χ0v) is 10.6. The number of aromatic amines is 1. The van der Waals surface area contributed by atoms with E-state index in [0.29, 0.717) is 12.5 Å². The van der Waals surface area contributed by atoms with Crippen LogP contribution in [0.15, 0.2) is 12.4 Å². The fraction of sp³-hybridized carbons (Fsp3) is 0.583. The van der Waals surface area contributed by atoms with Gasteiger partial charge in [0.25, 0.3) is 0 Å². The van der Waals surface area contributed by atoms with E-state index in [2.05, 4.69) is 25.5 Å². The Hall–Kier alpha value is -1.69. The van der Waals surface area contributed by atoms with E-state index in [0.717, 1.165) is 30.4 Å².